The van der Waals surface area contributed by atoms with Crippen LogP contribution < -0.4 is 0 Å². The van der Waals surface area contributed by atoms with Gasteiger partial charge < -0.3 is 9.74 Å². The second-order valence-corrected chi connectivity index (χ2v) is 5.40. The number of amides is 1. The molecule has 0 radical (unpaired) electrons. The first-order chi connectivity index (χ1) is 9.68. The van der Waals surface area contributed by atoms with E-state index in [2.05, 4.69) is 5.16 Å². The molecule has 1 aliphatic heterocycles. The van der Waals surface area contributed by atoms with Crippen molar-refractivity contribution < 1.29 is 9.63 Å². The van der Waals surface area contributed by atoms with Crippen molar-refractivity contribution in [3.8, 4) is 0 Å². The lowest BCUT2D eigenvalue weighted by atomic mass is 10.1. The van der Waals surface area contributed by atoms with Crippen LogP contribution in [-0.2, 0) is 9.63 Å². The zero-order chi connectivity index (χ0) is 14.4. The number of nitrogens with zero attached hydrogens (tertiary/aromatic N) is 2. The Labute approximate surface area is 128 Å². The maximum Gasteiger partial charge on any atom is 0.263 e. The molecule has 0 unspecified atom stereocenters. The van der Waals surface area contributed by atoms with Crippen molar-refractivity contribution in [2.45, 2.75) is 19.3 Å². The van der Waals surface area contributed by atoms with Crippen molar-refractivity contribution in [2.24, 2.45) is 5.16 Å². The van der Waals surface area contributed by atoms with Gasteiger partial charge in [-0.05, 0) is 31.4 Å². The van der Waals surface area contributed by atoms with Crippen LogP contribution in [0.25, 0.3) is 0 Å². The Morgan fingerprint density at radius 2 is 1.90 bits per heavy atom. The third kappa shape index (κ3) is 4.12. The Hall–Kier alpha value is -1.26. The van der Waals surface area contributed by atoms with Gasteiger partial charge in [-0.15, -0.1) is 0 Å². The van der Waals surface area contributed by atoms with E-state index in [-0.39, 0.29) is 12.5 Å². The molecule has 108 valence electrons. The molecule has 0 bridgehead atoms. The summed E-state index contributed by atoms with van der Waals surface area (Å²) in [5.41, 5.74) is 0.584. The molecule has 6 heteroatoms. The number of benzene rings is 1. The number of rotatable bonds is 4. The van der Waals surface area contributed by atoms with Crippen LogP contribution >= 0.6 is 23.2 Å². The number of halogens is 2. The van der Waals surface area contributed by atoms with Crippen LogP contribution in [-0.4, -0.2) is 36.7 Å². The minimum Gasteiger partial charge on any atom is -0.386 e. The fourth-order valence-electron chi connectivity index (χ4n) is 2.05. The average molecular weight is 315 g/mol. The summed E-state index contributed by atoms with van der Waals surface area (Å²) in [4.78, 5) is 18.6. The number of hydrogen-bond acceptors (Lipinski definition) is 3. The maximum absolute atomic E-state index is 11.8. The van der Waals surface area contributed by atoms with Crippen LogP contribution in [0.3, 0.4) is 0 Å². The lowest BCUT2D eigenvalue weighted by Gasteiger charge is -2.25. The van der Waals surface area contributed by atoms with Gasteiger partial charge in [-0.1, -0.05) is 34.4 Å². The number of carbonyl (C=O) groups is 1. The highest BCUT2D eigenvalue weighted by atomic mass is 35.5. The summed E-state index contributed by atoms with van der Waals surface area (Å²) in [6, 6.07) is 5.18. The molecular weight excluding hydrogens is 299 g/mol. The summed E-state index contributed by atoms with van der Waals surface area (Å²) in [6.45, 7) is 1.56. The molecule has 20 heavy (non-hydrogen) atoms. The number of piperidine rings is 1. The number of oxime groups is 1. The van der Waals surface area contributed by atoms with Crippen LogP contribution in [0.15, 0.2) is 23.4 Å². The number of carbonyl (C=O) groups excluding carboxylic acids is 1. The van der Waals surface area contributed by atoms with Gasteiger partial charge in [0, 0.05) is 18.7 Å². The summed E-state index contributed by atoms with van der Waals surface area (Å²) in [5, 5.41) is 4.74. The predicted octanol–water partition coefficient (Wildman–Crippen LogP) is 3.36. The average Bonchev–Trinajstić information content (AvgIpc) is 2.46. The van der Waals surface area contributed by atoms with E-state index in [0.29, 0.717) is 15.6 Å². The van der Waals surface area contributed by atoms with Crippen LogP contribution in [0.1, 0.15) is 24.8 Å². The standard InChI is InChI=1S/C14H16Cl2N2O2/c15-12-5-4-6-13(16)11(12)9-17-20-10-14(19)18-7-2-1-3-8-18/h4-6,9H,1-3,7-8,10H2. The van der Waals surface area contributed by atoms with Gasteiger partial charge in [-0.3, -0.25) is 4.79 Å². The lowest BCUT2D eigenvalue weighted by molar-refractivity contribution is -0.136. The van der Waals surface area contributed by atoms with E-state index in [4.69, 9.17) is 28.0 Å². The second kappa shape index (κ2) is 7.50. The Bertz CT molecular complexity index is 480. The topological polar surface area (TPSA) is 41.9 Å². The maximum atomic E-state index is 11.8. The van der Waals surface area contributed by atoms with Gasteiger partial charge in [-0.25, -0.2) is 0 Å². The van der Waals surface area contributed by atoms with Crippen molar-refractivity contribution in [2.75, 3.05) is 19.7 Å². The van der Waals surface area contributed by atoms with Crippen LogP contribution in [0.4, 0.5) is 0 Å². The van der Waals surface area contributed by atoms with Crippen molar-refractivity contribution in [3.05, 3.63) is 33.8 Å². The van der Waals surface area contributed by atoms with Crippen LogP contribution in [0.5, 0.6) is 0 Å². The monoisotopic (exact) mass is 314 g/mol. The van der Waals surface area contributed by atoms with Gasteiger partial charge in [0.1, 0.15) is 0 Å². The van der Waals surface area contributed by atoms with Crippen molar-refractivity contribution >= 4 is 35.3 Å². The van der Waals surface area contributed by atoms with E-state index >= 15 is 0 Å². The Morgan fingerprint density at radius 1 is 1.25 bits per heavy atom. The predicted molar refractivity (Wildman–Crippen MR) is 80.4 cm³/mol. The molecule has 1 aromatic carbocycles. The third-order valence-electron chi connectivity index (χ3n) is 3.15. The molecular formula is C14H16Cl2N2O2. The van der Waals surface area contributed by atoms with Gasteiger partial charge >= 0.3 is 0 Å². The van der Waals surface area contributed by atoms with E-state index in [9.17, 15) is 4.79 Å². The fraction of sp³-hybridized carbons (Fsp3) is 0.429. The molecule has 1 aliphatic rings. The second-order valence-electron chi connectivity index (χ2n) is 4.58. The number of likely N-dealkylation sites (tertiary alicyclic amines) is 1. The molecule has 1 heterocycles. The Morgan fingerprint density at radius 3 is 2.55 bits per heavy atom. The molecule has 0 atom stereocenters. The van der Waals surface area contributed by atoms with E-state index in [1.54, 1.807) is 18.2 Å². The zero-order valence-corrected chi connectivity index (χ0v) is 12.5. The molecule has 1 saturated heterocycles. The molecule has 0 aromatic heterocycles. The fourth-order valence-corrected chi connectivity index (χ4v) is 2.55. The van der Waals surface area contributed by atoms with Gasteiger partial charge in [-0.2, -0.15) is 0 Å². The lowest BCUT2D eigenvalue weighted by Crippen LogP contribution is -2.37. The first kappa shape index (κ1) is 15.1. The summed E-state index contributed by atoms with van der Waals surface area (Å²) in [6.07, 6.45) is 4.73. The molecule has 2 rings (SSSR count). The van der Waals surface area contributed by atoms with Crippen molar-refractivity contribution in [1.82, 2.24) is 4.90 Å². The highest BCUT2D eigenvalue weighted by Crippen LogP contribution is 2.22. The van der Waals surface area contributed by atoms with Gasteiger partial charge in [0.15, 0.2) is 6.61 Å². The van der Waals surface area contributed by atoms with Crippen molar-refractivity contribution in [3.63, 3.8) is 0 Å². The first-order valence-electron chi connectivity index (χ1n) is 6.55. The van der Waals surface area contributed by atoms with E-state index < -0.39 is 0 Å². The molecule has 0 N–H and O–H groups in total. The minimum absolute atomic E-state index is 0.0351. The molecule has 0 aliphatic carbocycles. The summed E-state index contributed by atoms with van der Waals surface area (Å²) < 4.78 is 0. The molecule has 1 fully saturated rings. The Kier molecular flexibility index (Phi) is 5.68. The summed E-state index contributed by atoms with van der Waals surface area (Å²) >= 11 is 12.0. The molecule has 0 saturated carbocycles. The SMILES string of the molecule is O=C(CON=Cc1c(Cl)cccc1Cl)N1CCCCC1. The normalized spacial score (nSPS) is 15.6. The minimum atomic E-state index is -0.0570. The van der Waals surface area contributed by atoms with E-state index in [1.807, 2.05) is 4.90 Å². The van der Waals surface area contributed by atoms with Crippen molar-refractivity contribution in [1.29, 1.82) is 0 Å². The smallest absolute Gasteiger partial charge is 0.263 e. The van der Waals surface area contributed by atoms with Gasteiger partial charge in [0.2, 0.25) is 0 Å². The molecule has 4 nitrogen and oxygen atoms in total. The first-order valence-corrected chi connectivity index (χ1v) is 7.31. The van der Waals surface area contributed by atoms with Gasteiger partial charge in [0.05, 0.1) is 16.3 Å². The number of hydrogen-bond donors (Lipinski definition) is 0. The van der Waals surface area contributed by atoms with E-state index in [1.165, 1.54) is 12.6 Å². The molecule has 0 spiro atoms. The summed E-state index contributed by atoms with van der Waals surface area (Å²) in [7, 11) is 0. The Balaban J connectivity index is 1.83. The van der Waals surface area contributed by atoms with Gasteiger partial charge in [0.25, 0.3) is 5.91 Å². The third-order valence-corrected chi connectivity index (χ3v) is 3.81. The quantitative estimate of drug-likeness (QED) is 0.631. The summed E-state index contributed by atoms with van der Waals surface area (Å²) in [5.74, 6) is -0.0351. The van der Waals surface area contributed by atoms with Crippen LogP contribution in [0, 0.1) is 0 Å². The largest absolute Gasteiger partial charge is 0.386 e. The van der Waals surface area contributed by atoms with E-state index in [0.717, 1.165) is 25.9 Å². The highest BCUT2D eigenvalue weighted by Gasteiger charge is 2.16. The zero-order valence-electron chi connectivity index (χ0n) is 11.0. The highest BCUT2D eigenvalue weighted by molar-refractivity contribution is 6.38. The van der Waals surface area contributed by atoms with Crippen LogP contribution in [0.2, 0.25) is 10.0 Å². The molecule has 1 amide bonds. The molecule has 1 aromatic rings.